The Labute approximate surface area is 136 Å². The van der Waals surface area contributed by atoms with Crippen molar-refractivity contribution in [3.8, 4) is 0 Å². The van der Waals surface area contributed by atoms with E-state index in [0.29, 0.717) is 26.0 Å². The molecule has 1 aliphatic rings. The van der Waals surface area contributed by atoms with E-state index in [1.54, 1.807) is 6.20 Å². The van der Waals surface area contributed by atoms with Crippen LogP contribution in [-0.2, 0) is 20.7 Å². The van der Waals surface area contributed by atoms with E-state index in [9.17, 15) is 9.59 Å². The molecule has 2 N–H and O–H groups in total. The van der Waals surface area contributed by atoms with Gasteiger partial charge in [-0.2, -0.15) is 0 Å². The largest absolute Gasteiger partial charge is 0.374 e. The second-order valence-electron chi connectivity index (χ2n) is 5.82. The average Bonchev–Trinajstić information content (AvgIpc) is 2.52. The average molecular weight is 320 g/mol. The van der Waals surface area contributed by atoms with Crippen LogP contribution in [0.4, 0.5) is 0 Å². The molecule has 7 nitrogen and oxygen atoms in total. The van der Waals surface area contributed by atoms with E-state index in [1.165, 1.54) is 4.90 Å². The minimum absolute atomic E-state index is 0.0787. The van der Waals surface area contributed by atoms with Crippen molar-refractivity contribution in [3.63, 3.8) is 0 Å². The first-order chi connectivity index (χ1) is 11.0. The highest BCUT2D eigenvalue weighted by Gasteiger charge is 2.24. The van der Waals surface area contributed by atoms with Gasteiger partial charge in [0.1, 0.15) is 0 Å². The predicted molar refractivity (Wildman–Crippen MR) is 85.6 cm³/mol. The molecule has 0 saturated carbocycles. The Balaban J connectivity index is 1.90. The number of hydrogen-bond acceptors (Lipinski definition) is 5. The second kappa shape index (κ2) is 8.59. The minimum Gasteiger partial charge on any atom is -0.374 e. The van der Waals surface area contributed by atoms with Crippen molar-refractivity contribution in [2.45, 2.75) is 18.9 Å². The standard InChI is InChI=1S/C16H24N4O3/c1-19-8-9-23-14(10-19)11-20(12-15(17)21)16(22)6-5-13-4-2-3-7-18-13/h2-4,7,14H,5-6,8-12H2,1H3,(H2,17,21). The molecular formula is C16H24N4O3. The monoisotopic (exact) mass is 320 g/mol. The molecule has 0 spiro atoms. The second-order valence-corrected chi connectivity index (χ2v) is 5.82. The molecule has 1 aromatic heterocycles. The number of nitrogens with two attached hydrogens (primary N) is 1. The number of likely N-dealkylation sites (N-methyl/N-ethyl adjacent to an activating group) is 1. The molecule has 126 valence electrons. The molecule has 1 aliphatic heterocycles. The van der Waals surface area contributed by atoms with Gasteiger partial charge < -0.3 is 20.3 Å². The lowest BCUT2D eigenvalue weighted by molar-refractivity contribution is -0.138. The van der Waals surface area contributed by atoms with E-state index in [2.05, 4.69) is 9.88 Å². The lowest BCUT2D eigenvalue weighted by Crippen LogP contribution is -2.49. The number of pyridine rings is 1. The van der Waals surface area contributed by atoms with Crippen molar-refractivity contribution in [1.29, 1.82) is 0 Å². The van der Waals surface area contributed by atoms with E-state index < -0.39 is 5.91 Å². The van der Waals surface area contributed by atoms with Crippen molar-refractivity contribution in [2.75, 3.05) is 39.8 Å². The van der Waals surface area contributed by atoms with Gasteiger partial charge >= 0.3 is 0 Å². The van der Waals surface area contributed by atoms with Crippen LogP contribution in [0.25, 0.3) is 0 Å². The molecule has 2 heterocycles. The fourth-order valence-electron chi connectivity index (χ4n) is 2.60. The van der Waals surface area contributed by atoms with Crippen LogP contribution in [0.15, 0.2) is 24.4 Å². The highest BCUT2D eigenvalue weighted by Crippen LogP contribution is 2.08. The maximum absolute atomic E-state index is 12.4. The Kier molecular flexibility index (Phi) is 6.49. The van der Waals surface area contributed by atoms with Gasteiger partial charge in [0, 0.05) is 37.9 Å². The molecule has 7 heteroatoms. The normalized spacial score (nSPS) is 18.6. The van der Waals surface area contributed by atoms with E-state index >= 15 is 0 Å². The Morgan fingerprint density at radius 3 is 2.96 bits per heavy atom. The van der Waals surface area contributed by atoms with Crippen LogP contribution < -0.4 is 5.73 Å². The zero-order chi connectivity index (χ0) is 16.7. The summed E-state index contributed by atoms with van der Waals surface area (Å²) >= 11 is 0. The number of carbonyl (C=O) groups excluding carboxylic acids is 2. The first-order valence-corrected chi connectivity index (χ1v) is 7.80. The molecule has 23 heavy (non-hydrogen) atoms. The third-order valence-corrected chi connectivity index (χ3v) is 3.79. The van der Waals surface area contributed by atoms with Gasteiger partial charge in [0.05, 0.1) is 19.3 Å². The maximum Gasteiger partial charge on any atom is 0.237 e. The Bertz CT molecular complexity index is 523. The summed E-state index contributed by atoms with van der Waals surface area (Å²) in [4.78, 5) is 31.5. The smallest absolute Gasteiger partial charge is 0.237 e. The van der Waals surface area contributed by atoms with Crippen LogP contribution in [-0.4, -0.2) is 72.5 Å². The van der Waals surface area contributed by atoms with E-state index in [4.69, 9.17) is 10.5 Å². The number of carbonyl (C=O) groups is 2. The molecule has 1 unspecified atom stereocenters. The minimum atomic E-state index is -0.514. The zero-order valence-electron chi connectivity index (χ0n) is 13.5. The van der Waals surface area contributed by atoms with Crippen molar-refractivity contribution in [3.05, 3.63) is 30.1 Å². The quantitative estimate of drug-likeness (QED) is 0.742. The number of ether oxygens (including phenoxy) is 1. The summed E-state index contributed by atoms with van der Waals surface area (Å²) in [6.07, 6.45) is 2.45. The highest BCUT2D eigenvalue weighted by atomic mass is 16.5. The lowest BCUT2D eigenvalue weighted by Gasteiger charge is -2.33. The van der Waals surface area contributed by atoms with Gasteiger partial charge in [-0.1, -0.05) is 6.07 Å². The van der Waals surface area contributed by atoms with Gasteiger partial charge in [0.25, 0.3) is 0 Å². The third-order valence-electron chi connectivity index (χ3n) is 3.79. The van der Waals surface area contributed by atoms with E-state index in [0.717, 1.165) is 18.8 Å². The molecular weight excluding hydrogens is 296 g/mol. The Morgan fingerprint density at radius 2 is 2.30 bits per heavy atom. The zero-order valence-corrected chi connectivity index (χ0v) is 13.5. The number of aryl methyl sites for hydroxylation is 1. The molecule has 1 fully saturated rings. The van der Waals surface area contributed by atoms with Crippen LogP contribution in [0.1, 0.15) is 12.1 Å². The Morgan fingerprint density at radius 1 is 1.48 bits per heavy atom. The summed E-state index contributed by atoms with van der Waals surface area (Å²) in [6, 6.07) is 5.60. The number of hydrogen-bond donors (Lipinski definition) is 1. The van der Waals surface area contributed by atoms with E-state index in [-0.39, 0.29) is 18.6 Å². The number of nitrogens with zero attached hydrogens (tertiary/aromatic N) is 3. The first kappa shape index (κ1) is 17.4. The molecule has 2 amide bonds. The van der Waals surface area contributed by atoms with Gasteiger partial charge in [0.2, 0.25) is 11.8 Å². The topological polar surface area (TPSA) is 88.8 Å². The Hall–Kier alpha value is -1.99. The van der Waals surface area contributed by atoms with Crippen LogP contribution in [0.2, 0.25) is 0 Å². The number of amides is 2. The molecule has 1 saturated heterocycles. The summed E-state index contributed by atoms with van der Waals surface area (Å²) < 4.78 is 5.67. The van der Waals surface area contributed by atoms with Gasteiger partial charge in [-0.3, -0.25) is 14.6 Å². The van der Waals surface area contributed by atoms with Crippen molar-refractivity contribution >= 4 is 11.8 Å². The summed E-state index contributed by atoms with van der Waals surface area (Å²) in [7, 11) is 2.01. The van der Waals surface area contributed by atoms with Crippen molar-refractivity contribution in [2.24, 2.45) is 5.73 Å². The summed E-state index contributed by atoms with van der Waals surface area (Å²) in [5.41, 5.74) is 6.13. The number of primary amides is 1. The van der Waals surface area contributed by atoms with Gasteiger partial charge in [-0.05, 0) is 25.6 Å². The lowest BCUT2D eigenvalue weighted by atomic mass is 10.2. The number of aromatic nitrogens is 1. The maximum atomic E-state index is 12.4. The fraction of sp³-hybridized carbons (Fsp3) is 0.562. The van der Waals surface area contributed by atoms with Gasteiger partial charge in [-0.15, -0.1) is 0 Å². The SMILES string of the molecule is CN1CCOC(CN(CC(N)=O)C(=O)CCc2ccccn2)C1. The molecule has 1 aromatic rings. The summed E-state index contributed by atoms with van der Waals surface area (Å²) in [6.45, 7) is 2.55. The molecule has 1 atom stereocenters. The van der Waals surface area contributed by atoms with Crippen LogP contribution in [0.5, 0.6) is 0 Å². The van der Waals surface area contributed by atoms with Crippen LogP contribution in [0, 0.1) is 0 Å². The first-order valence-electron chi connectivity index (χ1n) is 7.80. The molecule has 0 radical (unpaired) electrons. The van der Waals surface area contributed by atoms with Crippen LogP contribution in [0.3, 0.4) is 0 Å². The third kappa shape index (κ3) is 5.96. The molecule has 0 aromatic carbocycles. The predicted octanol–water partition coefficient (Wildman–Crippen LogP) is -0.341. The highest BCUT2D eigenvalue weighted by molar-refractivity contribution is 5.83. The number of morpholine rings is 1. The van der Waals surface area contributed by atoms with Crippen molar-refractivity contribution < 1.29 is 14.3 Å². The van der Waals surface area contributed by atoms with Crippen molar-refractivity contribution in [1.82, 2.24) is 14.8 Å². The van der Waals surface area contributed by atoms with E-state index in [1.807, 2.05) is 25.2 Å². The number of rotatable bonds is 7. The molecule has 0 bridgehead atoms. The summed E-state index contributed by atoms with van der Waals surface area (Å²) in [5.74, 6) is -0.619. The fourth-order valence-corrected chi connectivity index (χ4v) is 2.60. The van der Waals surface area contributed by atoms with Gasteiger partial charge in [-0.25, -0.2) is 0 Å². The molecule has 0 aliphatic carbocycles. The molecule has 2 rings (SSSR count). The summed E-state index contributed by atoms with van der Waals surface area (Å²) in [5, 5.41) is 0. The van der Waals surface area contributed by atoms with Crippen LogP contribution >= 0.6 is 0 Å². The van der Waals surface area contributed by atoms with Gasteiger partial charge in [0.15, 0.2) is 0 Å².